The van der Waals surface area contributed by atoms with Crippen LogP contribution < -0.4 is 10.6 Å². The van der Waals surface area contributed by atoms with Crippen molar-refractivity contribution in [3.8, 4) is 0 Å². The van der Waals surface area contributed by atoms with Gasteiger partial charge in [-0.25, -0.2) is 4.98 Å². The summed E-state index contributed by atoms with van der Waals surface area (Å²) in [4.78, 5) is 17.7. The number of hydrogen-bond donors (Lipinski definition) is 1. The van der Waals surface area contributed by atoms with Crippen LogP contribution in [0.2, 0.25) is 0 Å². The molecule has 0 fully saturated rings. The Bertz CT molecular complexity index is 540. The minimum Gasteiger partial charge on any atom is -0.365 e. The summed E-state index contributed by atoms with van der Waals surface area (Å²) in [5, 5.41) is 0. The molecule has 0 aliphatic rings. The Morgan fingerprint density at radius 2 is 1.94 bits per heavy atom. The minimum atomic E-state index is -0.465. The smallest absolute Gasteiger partial charge is 0.252 e. The Morgan fingerprint density at radius 3 is 2.56 bits per heavy atom. The van der Waals surface area contributed by atoms with Crippen LogP contribution in [0.5, 0.6) is 0 Å². The van der Waals surface area contributed by atoms with Gasteiger partial charge in [-0.3, -0.25) is 4.79 Å². The van der Waals surface area contributed by atoms with E-state index in [9.17, 15) is 4.79 Å². The zero-order valence-corrected chi connectivity index (χ0v) is 10.2. The number of para-hydroxylation sites is 1. The van der Waals surface area contributed by atoms with E-state index in [-0.39, 0.29) is 0 Å². The summed E-state index contributed by atoms with van der Waals surface area (Å²) >= 11 is 0. The molecule has 18 heavy (non-hydrogen) atoms. The normalized spacial score (nSPS) is 10.1. The first-order valence-corrected chi connectivity index (χ1v) is 5.81. The van der Waals surface area contributed by atoms with E-state index < -0.39 is 5.91 Å². The quantitative estimate of drug-likeness (QED) is 0.893. The lowest BCUT2D eigenvalue weighted by Gasteiger charge is -2.23. The lowest BCUT2D eigenvalue weighted by molar-refractivity contribution is 0.100. The summed E-state index contributed by atoms with van der Waals surface area (Å²) in [6.07, 6.45) is 1.66. The molecule has 1 amide bonds. The van der Waals surface area contributed by atoms with Crippen LogP contribution in [-0.2, 0) is 0 Å². The van der Waals surface area contributed by atoms with E-state index in [0.29, 0.717) is 17.9 Å². The monoisotopic (exact) mass is 241 g/mol. The average molecular weight is 241 g/mol. The molecule has 1 aromatic carbocycles. The lowest BCUT2D eigenvalue weighted by Crippen LogP contribution is -2.22. The molecule has 4 heteroatoms. The first-order valence-electron chi connectivity index (χ1n) is 5.81. The van der Waals surface area contributed by atoms with Gasteiger partial charge in [-0.2, -0.15) is 0 Å². The SMILES string of the molecule is CCN(c1ccccc1)c1ncccc1C(N)=O. The van der Waals surface area contributed by atoms with Gasteiger partial charge in [0.05, 0.1) is 5.56 Å². The molecule has 0 unspecified atom stereocenters. The predicted molar refractivity (Wildman–Crippen MR) is 71.9 cm³/mol. The third kappa shape index (κ3) is 2.32. The van der Waals surface area contributed by atoms with Crippen LogP contribution in [0.1, 0.15) is 17.3 Å². The molecule has 1 aromatic heterocycles. The highest BCUT2D eigenvalue weighted by Gasteiger charge is 2.15. The fourth-order valence-electron chi connectivity index (χ4n) is 1.87. The molecule has 2 N–H and O–H groups in total. The number of benzene rings is 1. The second-order valence-electron chi connectivity index (χ2n) is 3.82. The van der Waals surface area contributed by atoms with Crippen molar-refractivity contribution in [2.75, 3.05) is 11.4 Å². The van der Waals surface area contributed by atoms with Crippen molar-refractivity contribution in [1.82, 2.24) is 4.98 Å². The third-order valence-electron chi connectivity index (χ3n) is 2.69. The number of pyridine rings is 1. The van der Waals surface area contributed by atoms with Crippen LogP contribution in [0.25, 0.3) is 0 Å². The first kappa shape index (κ1) is 12.1. The highest BCUT2D eigenvalue weighted by Crippen LogP contribution is 2.25. The lowest BCUT2D eigenvalue weighted by atomic mass is 10.2. The maximum atomic E-state index is 11.4. The minimum absolute atomic E-state index is 0.434. The van der Waals surface area contributed by atoms with E-state index in [4.69, 9.17) is 5.73 Å². The van der Waals surface area contributed by atoms with Gasteiger partial charge in [0.2, 0.25) is 0 Å². The molecule has 0 radical (unpaired) electrons. The number of hydrogen-bond acceptors (Lipinski definition) is 3. The third-order valence-corrected chi connectivity index (χ3v) is 2.69. The number of amides is 1. The molecule has 92 valence electrons. The van der Waals surface area contributed by atoms with Gasteiger partial charge < -0.3 is 10.6 Å². The zero-order valence-electron chi connectivity index (χ0n) is 10.2. The highest BCUT2D eigenvalue weighted by atomic mass is 16.1. The molecule has 2 rings (SSSR count). The average Bonchev–Trinajstić information content (AvgIpc) is 2.41. The van der Waals surface area contributed by atoms with Crippen LogP contribution in [0.4, 0.5) is 11.5 Å². The Morgan fingerprint density at radius 1 is 1.22 bits per heavy atom. The largest absolute Gasteiger partial charge is 0.365 e. The summed E-state index contributed by atoms with van der Waals surface area (Å²) in [7, 11) is 0. The van der Waals surface area contributed by atoms with Gasteiger partial charge in [-0.1, -0.05) is 18.2 Å². The van der Waals surface area contributed by atoms with Crippen LogP contribution in [0.3, 0.4) is 0 Å². The Labute approximate surface area is 106 Å². The molecule has 4 nitrogen and oxygen atoms in total. The summed E-state index contributed by atoms with van der Waals surface area (Å²) in [5.41, 5.74) is 6.80. The van der Waals surface area contributed by atoms with E-state index in [2.05, 4.69) is 4.98 Å². The predicted octanol–water partition coefficient (Wildman–Crippen LogP) is 2.34. The number of carbonyl (C=O) groups is 1. The van der Waals surface area contributed by atoms with E-state index >= 15 is 0 Å². The fraction of sp³-hybridized carbons (Fsp3) is 0.143. The van der Waals surface area contributed by atoms with Gasteiger partial charge in [0.25, 0.3) is 5.91 Å². The van der Waals surface area contributed by atoms with Crippen LogP contribution in [0, 0.1) is 0 Å². The molecule has 0 aliphatic heterocycles. The number of carbonyl (C=O) groups excluding carboxylic acids is 1. The maximum Gasteiger partial charge on any atom is 0.252 e. The molecular formula is C14H15N3O. The number of rotatable bonds is 4. The van der Waals surface area contributed by atoms with Gasteiger partial charge in [0.1, 0.15) is 5.82 Å². The second-order valence-corrected chi connectivity index (χ2v) is 3.82. The highest BCUT2D eigenvalue weighted by molar-refractivity contribution is 5.98. The van der Waals surface area contributed by atoms with Crippen LogP contribution in [-0.4, -0.2) is 17.4 Å². The maximum absolute atomic E-state index is 11.4. The number of anilines is 2. The Hall–Kier alpha value is -2.36. The van der Waals surface area contributed by atoms with Gasteiger partial charge in [-0.05, 0) is 31.2 Å². The van der Waals surface area contributed by atoms with Crippen LogP contribution in [0.15, 0.2) is 48.7 Å². The van der Waals surface area contributed by atoms with Crippen molar-refractivity contribution in [3.05, 3.63) is 54.2 Å². The number of primary amides is 1. The van der Waals surface area contributed by atoms with E-state index in [1.54, 1.807) is 18.3 Å². The topological polar surface area (TPSA) is 59.2 Å². The second kappa shape index (κ2) is 5.31. The molecule has 0 aliphatic carbocycles. The summed E-state index contributed by atoms with van der Waals surface area (Å²) < 4.78 is 0. The van der Waals surface area contributed by atoms with Crippen LogP contribution >= 0.6 is 0 Å². The summed E-state index contributed by atoms with van der Waals surface area (Å²) in [5.74, 6) is 0.131. The fourth-order valence-corrected chi connectivity index (χ4v) is 1.87. The molecule has 0 spiro atoms. The molecular weight excluding hydrogens is 226 g/mol. The van der Waals surface area contributed by atoms with Crippen molar-refractivity contribution in [3.63, 3.8) is 0 Å². The molecule has 0 saturated heterocycles. The zero-order chi connectivity index (χ0) is 13.0. The summed E-state index contributed by atoms with van der Waals surface area (Å²) in [6, 6.07) is 13.2. The first-order chi connectivity index (χ1) is 8.74. The standard InChI is InChI=1S/C14H15N3O/c1-2-17(11-7-4-3-5-8-11)14-12(13(15)18)9-6-10-16-14/h3-10H,2H2,1H3,(H2,15,18). The molecule has 2 aromatic rings. The van der Waals surface area contributed by atoms with Crippen molar-refractivity contribution >= 4 is 17.4 Å². The van der Waals surface area contributed by atoms with E-state index in [1.807, 2.05) is 42.2 Å². The Balaban J connectivity index is 2.49. The van der Waals surface area contributed by atoms with Gasteiger partial charge in [0.15, 0.2) is 0 Å². The van der Waals surface area contributed by atoms with E-state index in [0.717, 1.165) is 5.69 Å². The summed E-state index contributed by atoms with van der Waals surface area (Å²) in [6.45, 7) is 2.72. The molecule has 0 atom stereocenters. The number of nitrogens with two attached hydrogens (primary N) is 1. The van der Waals surface area contributed by atoms with Gasteiger partial charge in [-0.15, -0.1) is 0 Å². The molecule has 0 saturated carbocycles. The van der Waals surface area contributed by atoms with Crippen molar-refractivity contribution in [1.29, 1.82) is 0 Å². The van der Waals surface area contributed by atoms with Crippen molar-refractivity contribution in [2.45, 2.75) is 6.92 Å². The number of aromatic nitrogens is 1. The van der Waals surface area contributed by atoms with Crippen molar-refractivity contribution in [2.24, 2.45) is 5.73 Å². The Kier molecular flexibility index (Phi) is 3.57. The molecule has 0 bridgehead atoms. The van der Waals surface area contributed by atoms with E-state index in [1.165, 1.54) is 0 Å². The van der Waals surface area contributed by atoms with Crippen molar-refractivity contribution < 1.29 is 4.79 Å². The molecule has 1 heterocycles. The van der Waals surface area contributed by atoms with Gasteiger partial charge >= 0.3 is 0 Å². The van der Waals surface area contributed by atoms with Gasteiger partial charge in [0, 0.05) is 18.4 Å². The number of nitrogens with zero attached hydrogens (tertiary/aromatic N) is 2.